The Balaban J connectivity index is 1.90. The van der Waals surface area contributed by atoms with Crippen molar-refractivity contribution in [1.82, 2.24) is 4.48 Å². The van der Waals surface area contributed by atoms with Gasteiger partial charge in [0, 0.05) is 5.56 Å². The summed E-state index contributed by atoms with van der Waals surface area (Å²) >= 11 is 0. The first kappa shape index (κ1) is 24.2. The Bertz CT molecular complexity index is 1250. The van der Waals surface area contributed by atoms with Crippen LogP contribution in [0.4, 0.5) is 5.69 Å². The summed E-state index contributed by atoms with van der Waals surface area (Å²) in [6, 6.07) is 24.3. The third-order valence-corrected chi connectivity index (χ3v) is 6.24. The quantitative estimate of drug-likeness (QED) is 0.174. The first-order valence-corrected chi connectivity index (χ1v) is 12.1. The minimum atomic E-state index is -3.97. The van der Waals surface area contributed by atoms with E-state index in [-0.39, 0.29) is 10.7 Å². The lowest BCUT2D eigenvalue weighted by molar-refractivity contribution is 0.463. The molecule has 0 N–H and O–H groups in total. The Kier molecular flexibility index (Phi) is 7.69. The molecule has 0 aliphatic heterocycles. The van der Waals surface area contributed by atoms with Crippen LogP contribution < -0.4 is 4.48 Å². The lowest BCUT2D eigenvalue weighted by Crippen LogP contribution is -2.34. The molecule has 0 spiro atoms. The Morgan fingerprint density at radius 3 is 2.03 bits per heavy atom. The molecule has 5 heteroatoms. The maximum atomic E-state index is 12.9. The maximum absolute atomic E-state index is 12.9. The first-order chi connectivity index (χ1) is 15.6. The topological polar surface area (TPSA) is 43.4 Å². The fourth-order valence-electron chi connectivity index (χ4n) is 3.05. The van der Waals surface area contributed by atoms with Crippen molar-refractivity contribution >= 4 is 27.6 Å². The van der Waals surface area contributed by atoms with Gasteiger partial charge in [-0.2, -0.15) is 8.42 Å². The number of rotatable bonds is 8. The highest BCUT2D eigenvalue weighted by Gasteiger charge is 2.19. The molecule has 0 bridgehead atoms. The van der Waals surface area contributed by atoms with Gasteiger partial charge in [-0.25, -0.2) is 0 Å². The van der Waals surface area contributed by atoms with E-state index in [2.05, 4.69) is 21.1 Å². The standard InChI is InChI=1S/C28H30NO3S/c1-23-15-21-27(22-16-23)33(30,31)32-28(25-17-19-26(20-18-25)29(2,3)4)14-10-6-9-13-24-11-7-5-8-12-24/h5-22H,1-4H3/q+1. The van der Waals surface area contributed by atoms with Crippen LogP contribution in [-0.2, 0) is 14.3 Å². The molecule has 0 saturated heterocycles. The number of nitrogens with zero attached hydrogens (tertiary/aromatic N) is 1. The van der Waals surface area contributed by atoms with Gasteiger partial charge in [0.15, 0.2) is 0 Å². The van der Waals surface area contributed by atoms with E-state index in [1.807, 2.05) is 79.7 Å². The van der Waals surface area contributed by atoms with E-state index in [0.29, 0.717) is 10.0 Å². The van der Waals surface area contributed by atoms with Crippen LogP contribution in [-0.4, -0.2) is 29.6 Å². The van der Waals surface area contributed by atoms with Crippen LogP contribution in [0.5, 0.6) is 0 Å². The second-order valence-corrected chi connectivity index (χ2v) is 10.1. The van der Waals surface area contributed by atoms with Crippen molar-refractivity contribution in [2.75, 3.05) is 21.1 Å². The van der Waals surface area contributed by atoms with Crippen LogP contribution in [0.15, 0.2) is 108 Å². The van der Waals surface area contributed by atoms with Crippen molar-refractivity contribution in [1.29, 1.82) is 0 Å². The lowest BCUT2D eigenvalue weighted by Gasteiger charge is -2.23. The molecule has 0 heterocycles. The van der Waals surface area contributed by atoms with Crippen molar-refractivity contribution in [2.45, 2.75) is 11.8 Å². The smallest absolute Gasteiger partial charge is 0.339 e. The van der Waals surface area contributed by atoms with E-state index in [1.54, 1.807) is 36.4 Å². The van der Waals surface area contributed by atoms with E-state index in [9.17, 15) is 8.42 Å². The highest BCUT2D eigenvalue weighted by Crippen LogP contribution is 2.26. The first-order valence-electron chi connectivity index (χ1n) is 10.7. The Morgan fingerprint density at radius 1 is 0.788 bits per heavy atom. The predicted octanol–water partition coefficient (Wildman–Crippen LogP) is 6.21. The Labute approximate surface area is 197 Å². The third-order valence-electron chi connectivity index (χ3n) is 4.99. The second kappa shape index (κ2) is 10.5. The molecule has 170 valence electrons. The average Bonchev–Trinajstić information content (AvgIpc) is 2.78. The minimum Gasteiger partial charge on any atom is -0.378 e. The molecule has 0 aromatic heterocycles. The van der Waals surface area contributed by atoms with Gasteiger partial charge in [0.05, 0.1) is 21.1 Å². The molecule has 3 aromatic rings. The van der Waals surface area contributed by atoms with Crippen molar-refractivity contribution in [3.8, 4) is 0 Å². The van der Waals surface area contributed by atoms with Crippen LogP contribution >= 0.6 is 0 Å². The maximum Gasteiger partial charge on any atom is 0.339 e. The molecule has 4 nitrogen and oxygen atoms in total. The van der Waals surface area contributed by atoms with Gasteiger partial charge in [0.1, 0.15) is 16.3 Å². The SMILES string of the molecule is Cc1ccc(S(=O)(=O)OC(=CC=CC=Cc2ccccc2)c2ccc([N+](C)(C)C)cc2)cc1. The summed E-state index contributed by atoms with van der Waals surface area (Å²) in [5.41, 5.74) is 3.84. The molecule has 3 rings (SSSR count). The van der Waals surface area contributed by atoms with E-state index >= 15 is 0 Å². The molecule has 0 aliphatic carbocycles. The van der Waals surface area contributed by atoms with E-state index in [4.69, 9.17) is 4.18 Å². The molecule has 0 radical (unpaired) electrons. The summed E-state index contributed by atoms with van der Waals surface area (Å²) in [4.78, 5) is 0.120. The van der Waals surface area contributed by atoms with Gasteiger partial charge in [0.2, 0.25) is 0 Å². The van der Waals surface area contributed by atoms with Crippen LogP contribution in [0.25, 0.3) is 11.8 Å². The normalized spacial score (nSPS) is 13.0. The van der Waals surface area contributed by atoms with Gasteiger partial charge in [-0.1, -0.05) is 72.3 Å². The summed E-state index contributed by atoms with van der Waals surface area (Å²) in [5, 5.41) is 0. The number of hydrogen-bond donors (Lipinski definition) is 0. The third kappa shape index (κ3) is 7.04. The lowest BCUT2D eigenvalue weighted by atomic mass is 10.1. The largest absolute Gasteiger partial charge is 0.378 e. The van der Waals surface area contributed by atoms with Crippen LogP contribution in [0, 0.1) is 6.92 Å². The molecule has 0 saturated carbocycles. The number of allylic oxidation sites excluding steroid dienone is 4. The van der Waals surface area contributed by atoms with Crippen LogP contribution in [0.3, 0.4) is 0 Å². The van der Waals surface area contributed by atoms with Crippen LogP contribution in [0.2, 0.25) is 0 Å². The predicted molar refractivity (Wildman–Crippen MR) is 138 cm³/mol. The van der Waals surface area contributed by atoms with Crippen molar-refractivity contribution in [3.05, 3.63) is 120 Å². The highest BCUT2D eigenvalue weighted by atomic mass is 32.2. The molecule has 0 aliphatic rings. The molecule has 0 amide bonds. The van der Waals surface area contributed by atoms with Gasteiger partial charge in [-0.3, -0.25) is 4.48 Å². The zero-order valence-electron chi connectivity index (χ0n) is 19.5. The minimum absolute atomic E-state index is 0.120. The zero-order chi connectivity index (χ0) is 23.9. The van der Waals surface area contributed by atoms with Crippen molar-refractivity contribution in [3.63, 3.8) is 0 Å². The number of hydrogen-bond acceptors (Lipinski definition) is 3. The molecule has 33 heavy (non-hydrogen) atoms. The van der Waals surface area contributed by atoms with Crippen LogP contribution in [0.1, 0.15) is 16.7 Å². The molecule has 0 unspecified atom stereocenters. The average molecular weight is 461 g/mol. The summed E-state index contributed by atoms with van der Waals surface area (Å²) in [6.07, 6.45) is 9.16. The molecule has 0 atom stereocenters. The van der Waals surface area contributed by atoms with Gasteiger partial charge >= 0.3 is 10.1 Å². The fraction of sp³-hybridized carbons (Fsp3) is 0.143. The van der Waals surface area contributed by atoms with Gasteiger partial charge in [-0.15, -0.1) is 0 Å². The molecule has 3 aromatic carbocycles. The fourth-order valence-corrected chi connectivity index (χ4v) is 4.01. The monoisotopic (exact) mass is 460 g/mol. The number of aryl methyl sites for hydroxylation is 1. The van der Waals surface area contributed by atoms with Crippen molar-refractivity contribution in [2.24, 2.45) is 0 Å². The van der Waals surface area contributed by atoms with E-state index in [0.717, 1.165) is 16.8 Å². The Hall–Kier alpha value is -3.41. The Morgan fingerprint density at radius 2 is 1.42 bits per heavy atom. The molecule has 0 fully saturated rings. The number of benzene rings is 3. The summed E-state index contributed by atoms with van der Waals surface area (Å²) < 4.78 is 32.1. The zero-order valence-corrected chi connectivity index (χ0v) is 20.3. The van der Waals surface area contributed by atoms with Gasteiger partial charge < -0.3 is 4.18 Å². The second-order valence-electron chi connectivity index (χ2n) is 8.60. The van der Waals surface area contributed by atoms with Gasteiger partial charge in [0.25, 0.3) is 0 Å². The van der Waals surface area contributed by atoms with Crippen molar-refractivity contribution < 1.29 is 12.6 Å². The summed E-state index contributed by atoms with van der Waals surface area (Å²) in [6.45, 7) is 1.91. The highest BCUT2D eigenvalue weighted by molar-refractivity contribution is 7.87. The number of quaternary nitrogens is 1. The van der Waals surface area contributed by atoms with E-state index < -0.39 is 10.1 Å². The molecular weight excluding hydrogens is 430 g/mol. The summed E-state index contributed by atoms with van der Waals surface area (Å²) in [7, 11) is 2.25. The molecular formula is C28H30NO3S+. The summed E-state index contributed by atoms with van der Waals surface area (Å²) in [5.74, 6) is 0.257. The van der Waals surface area contributed by atoms with Gasteiger partial charge in [-0.05, 0) is 55.0 Å². The van der Waals surface area contributed by atoms with E-state index in [1.165, 1.54) is 0 Å².